The number of aromatic nitrogens is 2. The van der Waals surface area contributed by atoms with Crippen LogP contribution < -0.4 is 10.0 Å². The molecule has 0 aliphatic carbocycles. The van der Waals surface area contributed by atoms with Crippen LogP contribution in [0.1, 0.15) is 21.5 Å². The highest BCUT2D eigenvalue weighted by Gasteiger charge is 2.20. The summed E-state index contributed by atoms with van der Waals surface area (Å²) in [6.07, 6.45) is 0.565. The number of nitrogens with zero attached hydrogens (tertiary/aromatic N) is 2. The monoisotopic (exact) mass is 402 g/mol. The van der Waals surface area contributed by atoms with E-state index in [9.17, 15) is 13.2 Å². The molecule has 0 atom stereocenters. The van der Waals surface area contributed by atoms with Crippen LogP contribution in [0.5, 0.6) is 0 Å². The van der Waals surface area contributed by atoms with Crippen LogP contribution in [0.25, 0.3) is 0 Å². The van der Waals surface area contributed by atoms with Crippen molar-refractivity contribution in [3.63, 3.8) is 0 Å². The van der Waals surface area contributed by atoms with E-state index in [1.807, 2.05) is 43.3 Å². The van der Waals surface area contributed by atoms with Gasteiger partial charge in [0.25, 0.3) is 15.9 Å². The second-order valence-corrected chi connectivity index (χ2v) is 8.75. The SMILES string of the molecule is Cc1cccc(C(=O)Nc2nnc(S(=O)(=O)NCCc3ccccc3)s2)c1. The Morgan fingerprint density at radius 2 is 1.85 bits per heavy atom. The molecule has 3 rings (SSSR count). The third kappa shape index (κ3) is 5.19. The van der Waals surface area contributed by atoms with Crippen LogP contribution >= 0.6 is 11.3 Å². The van der Waals surface area contributed by atoms with Gasteiger partial charge in [0.15, 0.2) is 0 Å². The first-order valence-electron chi connectivity index (χ1n) is 8.19. The Kier molecular flexibility index (Phi) is 5.94. The number of amides is 1. The number of hydrogen-bond acceptors (Lipinski definition) is 6. The van der Waals surface area contributed by atoms with Crippen LogP contribution in [0.3, 0.4) is 0 Å². The molecule has 0 radical (unpaired) electrons. The number of carbonyl (C=O) groups excluding carboxylic acids is 1. The molecule has 140 valence electrons. The molecule has 0 bridgehead atoms. The van der Waals surface area contributed by atoms with E-state index >= 15 is 0 Å². The molecule has 0 fully saturated rings. The van der Waals surface area contributed by atoms with E-state index < -0.39 is 10.0 Å². The summed E-state index contributed by atoms with van der Waals surface area (Å²) in [6, 6.07) is 16.6. The van der Waals surface area contributed by atoms with Crippen molar-refractivity contribution in [1.82, 2.24) is 14.9 Å². The Balaban J connectivity index is 1.61. The first kappa shape index (κ1) is 19.2. The molecular weight excluding hydrogens is 384 g/mol. The zero-order valence-electron chi connectivity index (χ0n) is 14.5. The number of carbonyl (C=O) groups is 1. The molecule has 1 aromatic heterocycles. The highest BCUT2D eigenvalue weighted by atomic mass is 32.2. The number of hydrogen-bond donors (Lipinski definition) is 2. The molecule has 0 aliphatic rings. The third-order valence-corrected chi connectivity index (χ3v) is 6.35. The predicted molar refractivity (Wildman–Crippen MR) is 104 cm³/mol. The minimum absolute atomic E-state index is 0.130. The summed E-state index contributed by atoms with van der Waals surface area (Å²) >= 11 is 0.809. The van der Waals surface area contributed by atoms with Crippen LogP contribution in [-0.4, -0.2) is 31.1 Å². The van der Waals surface area contributed by atoms with Crippen molar-refractivity contribution >= 4 is 32.4 Å². The van der Waals surface area contributed by atoms with Crippen molar-refractivity contribution in [2.75, 3.05) is 11.9 Å². The number of nitrogens with one attached hydrogen (secondary N) is 2. The molecule has 0 spiro atoms. The van der Waals surface area contributed by atoms with E-state index in [1.165, 1.54) is 0 Å². The van der Waals surface area contributed by atoms with Crippen molar-refractivity contribution < 1.29 is 13.2 Å². The molecular formula is C18H18N4O3S2. The Morgan fingerprint density at radius 3 is 2.59 bits per heavy atom. The Labute approximate surface area is 161 Å². The largest absolute Gasteiger partial charge is 0.296 e. The molecule has 0 unspecified atom stereocenters. The quantitative estimate of drug-likeness (QED) is 0.592. The summed E-state index contributed by atoms with van der Waals surface area (Å²) in [5.74, 6) is -0.365. The maximum Gasteiger partial charge on any atom is 0.269 e. The fourth-order valence-electron chi connectivity index (χ4n) is 2.36. The topological polar surface area (TPSA) is 101 Å². The molecule has 1 amide bonds. The second kappa shape index (κ2) is 8.38. The summed E-state index contributed by atoms with van der Waals surface area (Å²) in [6.45, 7) is 2.13. The van der Waals surface area contributed by atoms with Gasteiger partial charge in [-0.2, -0.15) is 0 Å². The lowest BCUT2D eigenvalue weighted by molar-refractivity contribution is 0.102. The minimum atomic E-state index is -3.77. The van der Waals surface area contributed by atoms with Crippen LogP contribution in [0, 0.1) is 6.92 Å². The Bertz CT molecular complexity index is 1030. The second-order valence-electron chi connectivity index (χ2n) is 5.83. The molecule has 2 aromatic carbocycles. The zero-order valence-corrected chi connectivity index (χ0v) is 16.2. The highest BCUT2D eigenvalue weighted by molar-refractivity contribution is 7.91. The molecule has 0 aliphatic heterocycles. The van der Waals surface area contributed by atoms with Gasteiger partial charge in [0, 0.05) is 12.1 Å². The molecule has 27 heavy (non-hydrogen) atoms. The van der Waals surface area contributed by atoms with Crippen molar-refractivity contribution in [3.05, 3.63) is 71.3 Å². The van der Waals surface area contributed by atoms with Crippen LogP contribution in [0.4, 0.5) is 5.13 Å². The third-order valence-electron chi connectivity index (χ3n) is 3.69. The summed E-state index contributed by atoms with van der Waals surface area (Å²) in [4.78, 5) is 12.2. The van der Waals surface area contributed by atoms with Gasteiger partial charge in [0.05, 0.1) is 0 Å². The first-order valence-corrected chi connectivity index (χ1v) is 10.5. The van der Waals surface area contributed by atoms with Gasteiger partial charge in [0.1, 0.15) is 0 Å². The van der Waals surface area contributed by atoms with Crippen LogP contribution in [-0.2, 0) is 16.4 Å². The van der Waals surface area contributed by atoms with Crippen LogP contribution in [0.2, 0.25) is 0 Å². The van der Waals surface area contributed by atoms with Gasteiger partial charge in [-0.1, -0.05) is 59.4 Å². The lowest BCUT2D eigenvalue weighted by Crippen LogP contribution is -2.25. The maximum absolute atomic E-state index is 12.3. The van der Waals surface area contributed by atoms with Crippen molar-refractivity contribution in [3.8, 4) is 0 Å². The Hall–Kier alpha value is -2.62. The average molecular weight is 403 g/mol. The van der Waals surface area contributed by atoms with Crippen molar-refractivity contribution in [1.29, 1.82) is 0 Å². The van der Waals surface area contributed by atoms with Gasteiger partial charge in [-0.15, -0.1) is 10.2 Å². The number of benzene rings is 2. The molecule has 1 heterocycles. The minimum Gasteiger partial charge on any atom is -0.296 e. The number of aryl methyl sites for hydroxylation is 1. The van der Waals surface area contributed by atoms with Gasteiger partial charge in [-0.3, -0.25) is 10.1 Å². The Morgan fingerprint density at radius 1 is 1.07 bits per heavy atom. The molecule has 3 aromatic rings. The number of rotatable bonds is 7. The fourth-order valence-corrected chi connectivity index (χ4v) is 4.33. The van der Waals surface area contributed by atoms with Gasteiger partial charge < -0.3 is 0 Å². The van der Waals surface area contributed by atoms with E-state index in [-0.39, 0.29) is 21.9 Å². The molecule has 2 N–H and O–H groups in total. The summed E-state index contributed by atoms with van der Waals surface area (Å²) in [7, 11) is -3.77. The standard InChI is InChI=1S/C18H18N4O3S2/c1-13-6-5-9-15(12-13)16(23)20-17-21-22-18(26-17)27(24,25)19-11-10-14-7-3-2-4-8-14/h2-9,12,19H,10-11H2,1H3,(H,20,21,23). The van der Waals surface area contributed by atoms with Gasteiger partial charge in [-0.05, 0) is 31.0 Å². The van der Waals surface area contributed by atoms with Gasteiger partial charge >= 0.3 is 0 Å². The van der Waals surface area contributed by atoms with E-state index in [0.717, 1.165) is 22.5 Å². The normalized spacial score (nSPS) is 11.3. The fraction of sp³-hybridized carbons (Fsp3) is 0.167. The zero-order chi connectivity index (χ0) is 19.3. The maximum atomic E-state index is 12.3. The number of anilines is 1. The van der Waals surface area contributed by atoms with Crippen molar-refractivity contribution in [2.45, 2.75) is 17.7 Å². The van der Waals surface area contributed by atoms with E-state index in [2.05, 4.69) is 20.2 Å². The summed E-state index contributed by atoms with van der Waals surface area (Å²) in [5, 5.41) is 10.1. The van der Waals surface area contributed by atoms with Gasteiger partial charge in [-0.25, -0.2) is 13.1 Å². The lowest BCUT2D eigenvalue weighted by atomic mass is 10.1. The van der Waals surface area contributed by atoms with E-state index in [0.29, 0.717) is 12.0 Å². The molecule has 7 nitrogen and oxygen atoms in total. The van der Waals surface area contributed by atoms with Crippen molar-refractivity contribution in [2.24, 2.45) is 0 Å². The number of sulfonamides is 1. The molecule has 0 saturated heterocycles. The summed E-state index contributed by atoms with van der Waals surface area (Å²) in [5.41, 5.74) is 2.45. The first-order chi connectivity index (χ1) is 12.9. The highest BCUT2D eigenvalue weighted by Crippen LogP contribution is 2.20. The molecule has 9 heteroatoms. The van der Waals surface area contributed by atoms with E-state index in [4.69, 9.17) is 0 Å². The van der Waals surface area contributed by atoms with Crippen LogP contribution in [0.15, 0.2) is 58.9 Å². The smallest absolute Gasteiger partial charge is 0.269 e. The van der Waals surface area contributed by atoms with E-state index in [1.54, 1.807) is 18.2 Å². The lowest BCUT2D eigenvalue weighted by Gasteiger charge is -2.03. The predicted octanol–water partition coefficient (Wildman–Crippen LogP) is 2.62. The average Bonchev–Trinajstić information content (AvgIpc) is 3.12. The molecule has 0 saturated carbocycles. The summed E-state index contributed by atoms with van der Waals surface area (Å²) < 4.78 is 27.0. The van der Waals surface area contributed by atoms with Gasteiger partial charge in [0.2, 0.25) is 9.47 Å².